The van der Waals surface area contributed by atoms with Crippen LogP contribution in [0.3, 0.4) is 0 Å². The van der Waals surface area contributed by atoms with E-state index in [1.54, 1.807) is 12.4 Å². The van der Waals surface area contributed by atoms with Crippen LogP contribution in [0.5, 0.6) is 0 Å². The van der Waals surface area contributed by atoms with Gasteiger partial charge in [0.15, 0.2) is 0 Å². The van der Waals surface area contributed by atoms with Gasteiger partial charge < -0.3 is 15.4 Å². The standard InChI is InChI=1S/C13H9N4O.Cu/c18-13-16-11-7-3-1-5-14-9(7)10-8(12(11)17-13)4-2-6-15-10;/h1-6,11-12H,(H-,16,17,18);/q-1;+2/p-1. The van der Waals surface area contributed by atoms with Crippen molar-refractivity contribution in [1.82, 2.24) is 9.97 Å². The van der Waals surface area contributed by atoms with Crippen LogP contribution in [0.15, 0.2) is 36.7 Å². The van der Waals surface area contributed by atoms with Gasteiger partial charge in [-0.3, -0.25) is 9.97 Å². The first kappa shape index (κ1) is 12.1. The summed E-state index contributed by atoms with van der Waals surface area (Å²) in [4.78, 5) is 20.2. The number of rotatable bonds is 0. The van der Waals surface area contributed by atoms with E-state index in [1.807, 2.05) is 24.3 Å². The van der Waals surface area contributed by atoms with Crippen molar-refractivity contribution in [3.8, 4) is 11.4 Å². The van der Waals surface area contributed by atoms with Crippen LogP contribution in [-0.4, -0.2) is 16.0 Å². The SMILES string of the molecule is O=C1[N-]C2c3cccnc3-c3ncccc3C2[N-]1.[Cu+2]. The second-order valence-corrected chi connectivity index (χ2v) is 4.31. The zero-order chi connectivity index (χ0) is 12.1. The number of urea groups is 1. The zero-order valence-corrected chi connectivity index (χ0v) is 10.6. The topological polar surface area (TPSA) is 71.1 Å². The average Bonchev–Trinajstić information content (AvgIpc) is 2.81. The Kier molecular flexibility index (Phi) is 2.77. The molecule has 1 saturated heterocycles. The van der Waals surface area contributed by atoms with Gasteiger partial charge in [0.1, 0.15) is 0 Å². The first-order chi connectivity index (χ1) is 8.84. The smallest absolute Gasteiger partial charge is 0.664 e. The summed E-state index contributed by atoms with van der Waals surface area (Å²) in [5, 5.41) is 8.15. The van der Waals surface area contributed by atoms with Gasteiger partial charge >= 0.3 is 17.1 Å². The maximum absolute atomic E-state index is 11.5. The number of nitrogens with zero attached hydrogens (tertiary/aromatic N) is 4. The third kappa shape index (κ3) is 1.64. The molecule has 19 heavy (non-hydrogen) atoms. The van der Waals surface area contributed by atoms with Crippen molar-refractivity contribution in [2.45, 2.75) is 12.1 Å². The molecule has 4 rings (SSSR count). The van der Waals surface area contributed by atoms with Gasteiger partial charge in [-0.05, 0) is 29.3 Å². The molecule has 6 heteroatoms. The number of carbonyl (C=O) groups is 1. The van der Waals surface area contributed by atoms with Gasteiger partial charge in [0, 0.05) is 12.4 Å². The number of pyridine rings is 2. The van der Waals surface area contributed by atoms with Crippen molar-refractivity contribution in [1.29, 1.82) is 0 Å². The molecule has 0 aromatic carbocycles. The van der Waals surface area contributed by atoms with E-state index >= 15 is 0 Å². The number of fused-ring (bicyclic) bond motifs is 6. The average molecular weight is 300 g/mol. The third-order valence-corrected chi connectivity index (χ3v) is 3.34. The van der Waals surface area contributed by atoms with Crippen LogP contribution < -0.4 is 0 Å². The number of hydrogen-bond donors (Lipinski definition) is 0. The van der Waals surface area contributed by atoms with E-state index < -0.39 is 6.03 Å². The van der Waals surface area contributed by atoms with Crippen molar-refractivity contribution < 1.29 is 21.9 Å². The van der Waals surface area contributed by atoms with Crippen LogP contribution in [0.25, 0.3) is 22.0 Å². The summed E-state index contributed by atoms with van der Waals surface area (Å²) in [5.41, 5.74) is 3.48. The van der Waals surface area contributed by atoms with E-state index in [-0.39, 0.29) is 29.2 Å². The molecule has 1 aliphatic carbocycles. The van der Waals surface area contributed by atoms with Gasteiger partial charge in [0.05, 0.1) is 11.4 Å². The molecule has 0 N–H and O–H groups in total. The fourth-order valence-corrected chi connectivity index (χ4v) is 2.60. The van der Waals surface area contributed by atoms with Crippen molar-refractivity contribution in [2.75, 3.05) is 0 Å². The van der Waals surface area contributed by atoms with E-state index in [0.717, 1.165) is 22.5 Å². The molecule has 3 heterocycles. The zero-order valence-electron chi connectivity index (χ0n) is 9.62. The minimum atomic E-state index is -0.392. The Hall–Kier alpha value is -1.91. The molecule has 2 unspecified atom stereocenters. The molecule has 2 amide bonds. The van der Waals surface area contributed by atoms with E-state index in [1.165, 1.54) is 0 Å². The summed E-state index contributed by atoms with van der Waals surface area (Å²) in [7, 11) is 0. The minimum Gasteiger partial charge on any atom is -0.664 e. The van der Waals surface area contributed by atoms with Gasteiger partial charge in [0.2, 0.25) is 0 Å². The summed E-state index contributed by atoms with van der Waals surface area (Å²) >= 11 is 0. The van der Waals surface area contributed by atoms with Crippen LogP contribution in [0.1, 0.15) is 23.2 Å². The van der Waals surface area contributed by atoms with Crippen molar-refractivity contribution >= 4 is 6.03 Å². The van der Waals surface area contributed by atoms with Crippen molar-refractivity contribution in [2.24, 2.45) is 0 Å². The molecule has 1 aliphatic heterocycles. The van der Waals surface area contributed by atoms with Crippen molar-refractivity contribution in [3.05, 3.63) is 58.4 Å². The third-order valence-electron chi connectivity index (χ3n) is 3.34. The number of aromatic nitrogens is 2. The Bertz CT molecular complexity index is 605. The second-order valence-electron chi connectivity index (χ2n) is 4.31. The van der Waals surface area contributed by atoms with Gasteiger partial charge in [-0.15, -0.1) is 0 Å². The Morgan fingerprint density at radius 2 is 1.37 bits per heavy atom. The number of carbonyl (C=O) groups excluding carboxylic acids is 1. The number of hydrogen-bond acceptors (Lipinski definition) is 3. The Morgan fingerprint density at radius 3 is 1.84 bits per heavy atom. The van der Waals surface area contributed by atoms with E-state index in [0.29, 0.717) is 0 Å². The predicted octanol–water partition coefficient (Wildman–Crippen LogP) is 3.12. The van der Waals surface area contributed by atoms with E-state index in [9.17, 15) is 4.79 Å². The first-order valence-corrected chi connectivity index (χ1v) is 5.70. The van der Waals surface area contributed by atoms with Gasteiger partial charge in [0.25, 0.3) is 0 Å². The maximum atomic E-state index is 11.5. The van der Waals surface area contributed by atoms with Crippen LogP contribution in [0.2, 0.25) is 0 Å². The monoisotopic (exact) mass is 299 g/mol. The summed E-state index contributed by atoms with van der Waals surface area (Å²) in [6.45, 7) is 0. The summed E-state index contributed by atoms with van der Waals surface area (Å²) in [5.74, 6) is 0. The molecule has 97 valence electrons. The van der Waals surface area contributed by atoms with Crippen LogP contribution >= 0.6 is 0 Å². The van der Waals surface area contributed by atoms with Gasteiger partial charge in [-0.1, -0.05) is 24.2 Å². The summed E-state index contributed by atoms with van der Waals surface area (Å²) in [6, 6.07) is 6.71. The summed E-state index contributed by atoms with van der Waals surface area (Å²) < 4.78 is 0. The molecule has 5 nitrogen and oxygen atoms in total. The fourth-order valence-electron chi connectivity index (χ4n) is 2.60. The quantitative estimate of drug-likeness (QED) is 0.702. The molecule has 2 aromatic heterocycles. The minimum absolute atomic E-state index is 0. The maximum Gasteiger partial charge on any atom is 2.00 e. The second kappa shape index (κ2) is 4.33. The predicted molar refractivity (Wildman–Crippen MR) is 65.1 cm³/mol. The fraction of sp³-hybridized carbons (Fsp3) is 0.154. The largest absolute Gasteiger partial charge is 2.00 e. The van der Waals surface area contributed by atoms with Crippen LogP contribution in [0.4, 0.5) is 4.79 Å². The molecule has 0 saturated carbocycles. The molecule has 2 aliphatic rings. The molecular weight excluding hydrogens is 292 g/mol. The summed E-state index contributed by atoms with van der Waals surface area (Å²) in [6.07, 6.45) is 3.46. The van der Waals surface area contributed by atoms with Gasteiger partial charge in [-0.25, -0.2) is 0 Å². The van der Waals surface area contributed by atoms with E-state index in [2.05, 4.69) is 20.6 Å². The molecule has 0 bridgehead atoms. The van der Waals surface area contributed by atoms with Crippen molar-refractivity contribution in [3.63, 3.8) is 0 Å². The van der Waals surface area contributed by atoms with Gasteiger partial charge in [-0.2, -0.15) is 0 Å². The first-order valence-electron chi connectivity index (χ1n) is 5.70. The molecular formula is C13H8CuN4O. The molecule has 0 spiro atoms. The molecule has 1 radical (unpaired) electrons. The number of amides is 2. The Morgan fingerprint density at radius 1 is 0.895 bits per heavy atom. The molecule has 2 atom stereocenters. The normalized spacial score (nSPS) is 22.2. The molecule has 1 fully saturated rings. The molecule has 2 aromatic rings. The van der Waals surface area contributed by atoms with Crippen LogP contribution in [0, 0.1) is 0 Å². The van der Waals surface area contributed by atoms with E-state index in [4.69, 9.17) is 0 Å². The Labute approximate surface area is 120 Å². The van der Waals surface area contributed by atoms with Crippen LogP contribution in [-0.2, 0) is 17.1 Å². The Balaban J connectivity index is 0.00000110.